The Labute approximate surface area is 113 Å². The molecule has 0 radical (unpaired) electrons. The number of aliphatic carboxylic acids is 1. The first-order valence-electron chi connectivity index (χ1n) is 5.78. The van der Waals surface area contributed by atoms with Crippen molar-refractivity contribution in [3.63, 3.8) is 0 Å². The van der Waals surface area contributed by atoms with Gasteiger partial charge in [-0.05, 0) is 12.8 Å². The molecule has 2 unspecified atom stereocenters. The number of nitrogens with one attached hydrogen (secondary N) is 1. The fourth-order valence-electron chi connectivity index (χ4n) is 2.28. The van der Waals surface area contributed by atoms with Crippen LogP contribution < -0.4 is 5.32 Å². The van der Waals surface area contributed by atoms with Crippen molar-refractivity contribution < 1.29 is 14.8 Å². The van der Waals surface area contributed by atoms with Gasteiger partial charge in [-0.15, -0.1) is 0 Å². The molecule has 0 bridgehead atoms. The molecule has 1 aliphatic rings. The average molecular weight is 286 g/mol. The van der Waals surface area contributed by atoms with Gasteiger partial charge in [-0.1, -0.05) is 18.0 Å². The number of carbonyl (C=O) groups is 1. The maximum atomic E-state index is 11.1. The number of carboxylic acids is 1. The van der Waals surface area contributed by atoms with Crippen molar-refractivity contribution in [2.24, 2.45) is 5.92 Å². The molecule has 2 N–H and O–H groups in total. The summed E-state index contributed by atoms with van der Waals surface area (Å²) in [6.07, 6.45) is 3.28. The summed E-state index contributed by atoms with van der Waals surface area (Å²) in [5.74, 6) is -1.38. The van der Waals surface area contributed by atoms with Gasteiger partial charge < -0.3 is 10.4 Å². The number of rotatable bonds is 4. The topological polar surface area (TPSA) is 105 Å². The van der Waals surface area contributed by atoms with E-state index in [1.165, 1.54) is 12.3 Å². The first-order chi connectivity index (χ1) is 8.99. The van der Waals surface area contributed by atoms with Gasteiger partial charge in [0.2, 0.25) is 5.82 Å². The Hall–Kier alpha value is -1.89. The van der Waals surface area contributed by atoms with E-state index in [1.54, 1.807) is 0 Å². The number of nitrogens with zero attached hydrogens (tertiary/aromatic N) is 2. The number of anilines is 1. The minimum absolute atomic E-state index is 0.0625. The highest BCUT2D eigenvalue weighted by Gasteiger charge is 2.34. The van der Waals surface area contributed by atoms with Crippen LogP contribution in [-0.4, -0.2) is 27.0 Å². The van der Waals surface area contributed by atoms with Gasteiger partial charge in [0.05, 0.1) is 15.9 Å². The van der Waals surface area contributed by atoms with Crippen molar-refractivity contribution in [1.29, 1.82) is 0 Å². The molecule has 0 spiro atoms. The van der Waals surface area contributed by atoms with E-state index in [1.807, 2.05) is 0 Å². The van der Waals surface area contributed by atoms with Crippen LogP contribution in [0.3, 0.4) is 0 Å². The van der Waals surface area contributed by atoms with E-state index >= 15 is 0 Å². The molecule has 1 aromatic heterocycles. The highest BCUT2D eigenvalue weighted by molar-refractivity contribution is 6.30. The van der Waals surface area contributed by atoms with Crippen LogP contribution in [0.2, 0.25) is 5.02 Å². The number of carboxylic acid groups (broad SMARTS) is 1. The van der Waals surface area contributed by atoms with Crippen molar-refractivity contribution in [3.8, 4) is 0 Å². The van der Waals surface area contributed by atoms with Gasteiger partial charge in [0.1, 0.15) is 0 Å². The zero-order chi connectivity index (χ0) is 14.0. The summed E-state index contributed by atoms with van der Waals surface area (Å²) >= 11 is 5.67. The van der Waals surface area contributed by atoms with Gasteiger partial charge >= 0.3 is 11.7 Å². The number of halogens is 1. The molecule has 0 aliphatic heterocycles. The number of aromatic nitrogens is 1. The van der Waals surface area contributed by atoms with Gasteiger partial charge in [0.15, 0.2) is 0 Å². The van der Waals surface area contributed by atoms with Crippen LogP contribution in [0.1, 0.15) is 19.3 Å². The van der Waals surface area contributed by atoms with Gasteiger partial charge in [0, 0.05) is 18.3 Å². The maximum Gasteiger partial charge on any atom is 0.312 e. The third-order valence-electron chi connectivity index (χ3n) is 3.19. The number of hydrogen-bond acceptors (Lipinski definition) is 5. The quantitative estimate of drug-likeness (QED) is 0.649. The van der Waals surface area contributed by atoms with Crippen LogP contribution >= 0.6 is 11.6 Å². The number of nitro groups is 1. The second-order valence-corrected chi connectivity index (χ2v) is 4.84. The Morgan fingerprint density at radius 1 is 1.58 bits per heavy atom. The molecule has 2 rings (SSSR count). The lowest BCUT2D eigenvalue weighted by atomic mass is 10.0. The standard InChI is InChI=1S/C11H12ClN3O4/c12-6-4-9(15(18)19)10(13-5-6)14-8-3-1-2-7(8)11(16)17/h4-5,7-8H,1-3H2,(H,13,14)(H,16,17). The van der Waals surface area contributed by atoms with Crippen LogP contribution in [0.4, 0.5) is 11.5 Å². The Bertz CT molecular complexity index is 523. The molecular weight excluding hydrogens is 274 g/mol. The summed E-state index contributed by atoms with van der Waals surface area (Å²) < 4.78 is 0. The second-order valence-electron chi connectivity index (χ2n) is 4.40. The summed E-state index contributed by atoms with van der Waals surface area (Å²) in [7, 11) is 0. The van der Waals surface area contributed by atoms with Crippen LogP contribution in [0.5, 0.6) is 0 Å². The molecule has 1 aromatic rings. The highest BCUT2D eigenvalue weighted by atomic mass is 35.5. The summed E-state index contributed by atoms with van der Waals surface area (Å²) in [5, 5.41) is 23.0. The second kappa shape index (κ2) is 5.40. The van der Waals surface area contributed by atoms with E-state index < -0.39 is 16.8 Å². The Morgan fingerprint density at radius 2 is 2.32 bits per heavy atom. The van der Waals surface area contributed by atoms with E-state index in [4.69, 9.17) is 16.7 Å². The average Bonchev–Trinajstić information content (AvgIpc) is 2.79. The van der Waals surface area contributed by atoms with E-state index in [9.17, 15) is 14.9 Å². The van der Waals surface area contributed by atoms with Crippen LogP contribution in [-0.2, 0) is 4.79 Å². The molecule has 1 fully saturated rings. The van der Waals surface area contributed by atoms with Gasteiger partial charge in [0.25, 0.3) is 0 Å². The van der Waals surface area contributed by atoms with Crippen LogP contribution in [0.15, 0.2) is 12.3 Å². The summed E-state index contributed by atoms with van der Waals surface area (Å²) in [4.78, 5) is 25.3. The third-order valence-corrected chi connectivity index (χ3v) is 3.39. The van der Waals surface area contributed by atoms with Crippen LogP contribution in [0, 0.1) is 16.0 Å². The molecule has 1 saturated carbocycles. The first kappa shape index (κ1) is 13.5. The maximum absolute atomic E-state index is 11.1. The van der Waals surface area contributed by atoms with Gasteiger partial charge in [-0.3, -0.25) is 14.9 Å². The molecule has 0 saturated heterocycles. The summed E-state index contributed by atoms with van der Waals surface area (Å²) in [6, 6.07) is 0.853. The minimum Gasteiger partial charge on any atom is -0.481 e. The SMILES string of the molecule is O=C(O)C1CCCC1Nc1ncc(Cl)cc1[N+](=O)[O-]. The van der Waals surface area contributed by atoms with Crippen molar-refractivity contribution in [2.45, 2.75) is 25.3 Å². The lowest BCUT2D eigenvalue weighted by Crippen LogP contribution is -2.30. The van der Waals surface area contributed by atoms with E-state index in [0.29, 0.717) is 12.8 Å². The molecule has 102 valence electrons. The lowest BCUT2D eigenvalue weighted by molar-refractivity contribution is -0.384. The Morgan fingerprint density at radius 3 is 2.95 bits per heavy atom. The van der Waals surface area contributed by atoms with Crippen molar-refractivity contribution in [3.05, 3.63) is 27.4 Å². The predicted octanol–water partition coefficient (Wildman–Crippen LogP) is 2.31. The largest absolute Gasteiger partial charge is 0.481 e. The number of hydrogen-bond donors (Lipinski definition) is 2. The molecule has 0 amide bonds. The predicted molar refractivity (Wildman–Crippen MR) is 68.3 cm³/mol. The number of pyridine rings is 1. The molecule has 8 heteroatoms. The Kier molecular flexibility index (Phi) is 3.84. The molecular formula is C11H12ClN3O4. The molecule has 19 heavy (non-hydrogen) atoms. The summed E-state index contributed by atoms with van der Waals surface area (Å²) in [5.41, 5.74) is -0.247. The molecule has 1 heterocycles. The van der Waals surface area contributed by atoms with Gasteiger partial charge in [-0.25, -0.2) is 4.98 Å². The first-order valence-corrected chi connectivity index (χ1v) is 6.16. The molecule has 2 atom stereocenters. The normalized spacial score (nSPS) is 22.2. The van der Waals surface area contributed by atoms with Crippen molar-refractivity contribution in [1.82, 2.24) is 4.98 Å². The zero-order valence-electron chi connectivity index (χ0n) is 9.88. The fraction of sp³-hybridized carbons (Fsp3) is 0.455. The zero-order valence-corrected chi connectivity index (χ0v) is 10.6. The molecule has 7 nitrogen and oxygen atoms in total. The van der Waals surface area contributed by atoms with Crippen LogP contribution in [0.25, 0.3) is 0 Å². The highest BCUT2D eigenvalue weighted by Crippen LogP contribution is 2.32. The smallest absolute Gasteiger partial charge is 0.312 e. The van der Waals surface area contributed by atoms with E-state index in [0.717, 1.165) is 6.42 Å². The summed E-state index contributed by atoms with van der Waals surface area (Å²) in [6.45, 7) is 0. The Balaban J connectivity index is 2.23. The van der Waals surface area contributed by atoms with Gasteiger partial charge in [-0.2, -0.15) is 0 Å². The fourth-order valence-corrected chi connectivity index (χ4v) is 2.44. The minimum atomic E-state index is -0.897. The van der Waals surface area contributed by atoms with Crippen molar-refractivity contribution >= 4 is 29.1 Å². The van der Waals surface area contributed by atoms with E-state index in [2.05, 4.69) is 10.3 Å². The lowest BCUT2D eigenvalue weighted by Gasteiger charge is -2.17. The monoisotopic (exact) mass is 285 g/mol. The van der Waals surface area contributed by atoms with Crippen molar-refractivity contribution in [2.75, 3.05) is 5.32 Å². The molecule has 0 aromatic carbocycles. The molecule has 1 aliphatic carbocycles. The third kappa shape index (κ3) is 2.93. The van der Waals surface area contributed by atoms with E-state index in [-0.39, 0.29) is 22.6 Å².